The van der Waals surface area contributed by atoms with Gasteiger partial charge in [0.1, 0.15) is 5.76 Å². The predicted octanol–water partition coefficient (Wildman–Crippen LogP) is 3.09. The van der Waals surface area contributed by atoms with Crippen LogP contribution in [0.3, 0.4) is 0 Å². The summed E-state index contributed by atoms with van der Waals surface area (Å²) in [5.74, 6) is -3.01. The Hall–Kier alpha value is -3.28. The van der Waals surface area contributed by atoms with Crippen molar-refractivity contribution < 1.29 is 19.6 Å². The fourth-order valence-corrected chi connectivity index (χ4v) is 3.07. The van der Waals surface area contributed by atoms with E-state index in [1.165, 1.54) is 6.07 Å². The standard InChI is InChI=1S/C19H15NO5/c1-11-7-8-13-14(9-11)18(22)19(23)16(17(13)21)15(10-20(24)25)12-5-3-2-4-6-12/h2-9,15,21H,10H2,1H3. The van der Waals surface area contributed by atoms with Gasteiger partial charge in [-0.25, -0.2) is 0 Å². The van der Waals surface area contributed by atoms with Crippen molar-refractivity contribution in [2.75, 3.05) is 6.54 Å². The van der Waals surface area contributed by atoms with Crippen molar-refractivity contribution in [2.45, 2.75) is 12.8 Å². The summed E-state index contributed by atoms with van der Waals surface area (Å²) in [4.78, 5) is 35.7. The van der Waals surface area contributed by atoms with E-state index in [1.54, 1.807) is 49.4 Å². The monoisotopic (exact) mass is 337 g/mol. The Morgan fingerprint density at radius 2 is 1.72 bits per heavy atom. The molecule has 6 heteroatoms. The number of nitro groups is 1. The first-order valence-corrected chi connectivity index (χ1v) is 7.70. The molecule has 0 fully saturated rings. The number of carbonyl (C=O) groups excluding carboxylic acids is 2. The third-order valence-electron chi connectivity index (χ3n) is 4.26. The molecule has 0 aromatic heterocycles. The van der Waals surface area contributed by atoms with Crippen molar-refractivity contribution in [2.24, 2.45) is 0 Å². The highest BCUT2D eigenvalue weighted by Gasteiger charge is 2.39. The van der Waals surface area contributed by atoms with Crippen LogP contribution in [0.5, 0.6) is 0 Å². The van der Waals surface area contributed by atoms with Crippen LogP contribution in [0.2, 0.25) is 0 Å². The second-order valence-corrected chi connectivity index (χ2v) is 5.95. The van der Waals surface area contributed by atoms with Crippen LogP contribution in [0.4, 0.5) is 0 Å². The van der Waals surface area contributed by atoms with Crippen molar-refractivity contribution in [3.63, 3.8) is 0 Å². The molecule has 0 amide bonds. The third kappa shape index (κ3) is 2.94. The number of hydrogen-bond donors (Lipinski definition) is 1. The van der Waals surface area contributed by atoms with Gasteiger partial charge in [-0.2, -0.15) is 0 Å². The summed E-state index contributed by atoms with van der Waals surface area (Å²) in [6, 6.07) is 13.2. The first-order valence-electron chi connectivity index (χ1n) is 7.70. The minimum atomic E-state index is -0.998. The van der Waals surface area contributed by atoms with Crippen molar-refractivity contribution in [3.05, 3.63) is 86.5 Å². The molecule has 6 nitrogen and oxygen atoms in total. The molecule has 0 aliphatic heterocycles. The lowest BCUT2D eigenvalue weighted by atomic mass is 9.79. The van der Waals surface area contributed by atoms with Gasteiger partial charge in [-0.1, -0.05) is 48.0 Å². The number of Topliss-reactive ketones (excluding diaryl/α,β-unsaturated/α-hetero) is 2. The van der Waals surface area contributed by atoms with E-state index in [-0.39, 0.29) is 22.5 Å². The number of aliphatic hydroxyl groups excluding tert-OH is 1. The number of aliphatic hydroxyl groups is 1. The van der Waals surface area contributed by atoms with E-state index >= 15 is 0 Å². The maximum absolute atomic E-state index is 12.6. The number of nitrogens with zero attached hydrogens (tertiary/aromatic N) is 1. The van der Waals surface area contributed by atoms with E-state index in [2.05, 4.69) is 0 Å². The molecule has 0 spiro atoms. The molecule has 1 aliphatic carbocycles. The van der Waals surface area contributed by atoms with E-state index in [4.69, 9.17) is 0 Å². The highest BCUT2D eigenvalue weighted by molar-refractivity contribution is 6.52. The fourth-order valence-electron chi connectivity index (χ4n) is 3.07. The molecule has 0 bridgehead atoms. The summed E-state index contributed by atoms with van der Waals surface area (Å²) < 4.78 is 0. The molecule has 25 heavy (non-hydrogen) atoms. The summed E-state index contributed by atoms with van der Waals surface area (Å²) in [6.07, 6.45) is 0. The Labute approximate surface area is 143 Å². The molecule has 0 radical (unpaired) electrons. The van der Waals surface area contributed by atoms with E-state index in [0.717, 1.165) is 5.56 Å². The van der Waals surface area contributed by atoms with E-state index in [9.17, 15) is 24.8 Å². The summed E-state index contributed by atoms with van der Waals surface area (Å²) in [5.41, 5.74) is 1.41. The molecule has 0 heterocycles. The summed E-state index contributed by atoms with van der Waals surface area (Å²) in [5, 5.41) is 21.7. The van der Waals surface area contributed by atoms with Crippen LogP contribution in [-0.4, -0.2) is 28.1 Å². The highest BCUT2D eigenvalue weighted by Crippen LogP contribution is 2.36. The Kier molecular flexibility index (Phi) is 4.19. The minimum Gasteiger partial charge on any atom is -0.507 e. The quantitative estimate of drug-likeness (QED) is 0.525. The van der Waals surface area contributed by atoms with Gasteiger partial charge in [-0.15, -0.1) is 0 Å². The highest BCUT2D eigenvalue weighted by atomic mass is 16.6. The van der Waals surface area contributed by atoms with Crippen LogP contribution in [0.1, 0.15) is 33.0 Å². The van der Waals surface area contributed by atoms with Crippen LogP contribution in [0.25, 0.3) is 5.76 Å². The SMILES string of the molecule is Cc1ccc2c(c1)C(=O)C(=O)C(C(C[N+](=O)[O-])c1ccccc1)=C2O. The zero-order chi connectivity index (χ0) is 18.1. The first kappa shape index (κ1) is 16.6. The lowest BCUT2D eigenvalue weighted by Crippen LogP contribution is -2.30. The maximum atomic E-state index is 12.6. The van der Waals surface area contributed by atoms with Gasteiger partial charge in [0.25, 0.3) is 0 Å². The Morgan fingerprint density at radius 1 is 1.04 bits per heavy atom. The zero-order valence-corrected chi connectivity index (χ0v) is 13.4. The second kappa shape index (κ2) is 6.32. The third-order valence-corrected chi connectivity index (χ3v) is 4.26. The number of rotatable bonds is 4. The van der Waals surface area contributed by atoms with Gasteiger partial charge >= 0.3 is 0 Å². The molecular formula is C19H15NO5. The van der Waals surface area contributed by atoms with Gasteiger partial charge in [0.15, 0.2) is 0 Å². The normalized spacial score (nSPS) is 15.1. The lowest BCUT2D eigenvalue weighted by molar-refractivity contribution is -0.481. The first-order chi connectivity index (χ1) is 11.9. The van der Waals surface area contributed by atoms with Gasteiger partial charge in [-0.3, -0.25) is 19.7 Å². The molecule has 0 saturated heterocycles. The van der Waals surface area contributed by atoms with E-state index in [1.807, 2.05) is 0 Å². The molecule has 1 unspecified atom stereocenters. The molecular weight excluding hydrogens is 322 g/mol. The number of benzene rings is 2. The van der Waals surface area contributed by atoms with Crippen LogP contribution in [0.15, 0.2) is 54.1 Å². The number of fused-ring (bicyclic) bond motifs is 1. The summed E-state index contributed by atoms with van der Waals surface area (Å²) >= 11 is 0. The van der Waals surface area contributed by atoms with Crippen LogP contribution < -0.4 is 0 Å². The Morgan fingerprint density at radius 3 is 2.36 bits per heavy atom. The molecule has 1 atom stereocenters. The molecule has 0 saturated carbocycles. The average Bonchev–Trinajstić information content (AvgIpc) is 2.59. The molecule has 2 aromatic carbocycles. The predicted molar refractivity (Wildman–Crippen MR) is 91.1 cm³/mol. The van der Waals surface area contributed by atoms with Gasteiger partial charge in [0.2, 0.25) is 18.1 Å². The van der Waals surface area contributed by atoms with Gasteiger partial charge < -0.3 is 5.11 Å². The number of hydrogen-bond acceptors (Lipinski definition) is 5. The van der Waals surface area contributed by atoms with Crippen LogP contribution in [0, 0.1) is 17.0 Å². The van der Waals surface area contributed by atoms with E-state index < -0.39 is 29.0 Å². The zero-order valence-electron chi connectivity index (χ0n) is 13.4. The number of ketones is 2. The minimum absolute atomic E-state index is 0.124. The second-order valence-electron chi connectivity index (χ2n) is 5.95. The number of carbonyl (C=O) groups is 2. The summed E-state index contributed by atoms with van der Waals surface area (Å²) in [6.45, 7) is 1.18. The van der Waals surface area contributed by atoms with Gasteiger partial charge in [-0.05, 0) is 18.6 Å². The largest absolute Gasteiger partial charge is 0.507 e. The molecule has 1 N–H and O–H groups in total. The summed E-state index contributed by atoms with van der Waals surface area (Å²) in [7, 11) is 0. The van der Waals surface area contributed by atoms with Crippen LogP contribution in [-0.2, 0) is 4.79 Å². The molecule has 3 rings (SSSR count). The number of aryl methyl sites for hydroxylation is 1. The van der Waals surface area contributed by atoms with Crippen molar-refractivity contribution in [1.82, 2.24) is 0 Å². The van der Waals surface area contributed by atoms with Crippen molar-refractivity contribution in [3.8, 4) is 0 Å². The molecule has 126 valence electrons. The lowest BCUT2D eigenvalue weighted by Gasteiger charge is -2.23. The van der Waals surface area contributed by atoms with Crippen LogP contribution >= 0.6 is 0 Å². The van der Waals surface area contributed by atoms with E-state index in [0.29, 0.717) is 5.56 Å². The molecule has 1 aliphatic rings. The topological polar surface area (TPSA) is 97.5 Å². The van der Waals surface area contributed by atoms with Crippen molar-refractivity contribution in [1.29, 1.82) is 0 Å². The maximum Gasteiger partial charge on any atom is 0.234 e. The molecule has 2 aromatic rings. The Balaban J connectivity index is 2.22. The van der Waals surface area contributed by atoms with Gasteiger partial charge in [0, 0.05) is 16.1 Å². The fraction of sp³-hybridized carbons (Fsp3) is 0.158. The Bertz CT molecular complexity index is 915. The van der Waals surface area contributed by atoms with Crippen molar-refractivity contribution >= 4 is 17.3 Å². The average molecular weight is 337 g/mol. The van der Waals surface area contributed by atoms with Gasteiger partial charge in [0.05, 0.1) is 11.5 Å². The smallest absolute Gasteiger partial charge is 0.234 e.